The summed E-state index contributed by atoms with van der Waals surface area (Å²) in [5.41, 5.74) is 6.14. The van der Waals surface area contributed by atoms with Gasteiger partial charge in [-0.15, -0.1) is 12.4 Å². The molecule has 3 nitrogen and oxygen atoms in total. The van der Waals surface area contributed by atoms with Crippen LogP contribution in [0.5, 0.6) is 0 Å². The fourth-order valence-corrected chi connectivity index (χ4v) is 1.61. The highest BCUT2D eigenvalue weighted by molar-refractivity contribution is 5.85. The maximum absolute atomic E-state index is 12.9. The van der Waals surface area contributed by atoms with E-state index in [1.807, 2.05) is 6.92 Å². The van der Waals surface area contributed by atoms with Crippen LogP contribution in [0.1, 0.15) is 25.3 Å². The molecule has 0 radical (unpaired) electrons. The average Bonchev–Trinajstić information content (AvgIpc) is 2.40. The topological polar surface area (TPSA) is 55.1 Å². The van der Waals surface area contributed by atoms with Gasteiger partial charge in [-0.25, -0.2) is 8.78 Å². The zero-order valence-corrected chi connectivity index (χ0v) is 12.3. The van der Waals surface area contributed by atoms with Crippen molar-refractivity contribution in [2.75, 3.05) is 13.1 Å². The van der Waals surface area contributed by atoms with Gasteiger partial charge in [-0.3, -0.25) is 4.79 Å². The molecule has 0 saturated carbocycles. The van der Waals surface area contributed by atoms with Gasteiger partial charge in [-0.05, 0) is 43.0 Å². The van der Waals surface area contributed by atoms with E-state index in [0.717, 1.165) is 6.07 Å². The largest absolute Gasteiger partial charge is 0.356 e. The smallest absolute Gasteiger partial charge is 0.220 e. The Morgan fingerprint density at radius 1 is 1.35 bits per heavy atom. The minimum atomic E-state index is -0.850. The third-order valence-corrected chi connectivity index (χ3v) is 2.90. The number of benzene rings is 1. The van der Waals surface area contributed by atoms with Crippen LogP contribution in [0.25, 0.3) is 0 Å². The molecule has 0 bridgehead atoms. The highest BCUT2D eigenvalue weighted by atomic mass is 35.5. The molecule has 3 N–H and O–H groups in total. The first-order valence-electron chi connectivity index (χ1n) is 6.43. The van der Waals surface area contributed by atoms with Gasteiger partial charge in [0.1, 0.15) is 0 Å². The molecule has 1 rings (SSSR count). The molecular formula is C14H21ClF2N2O. The van der Waals surface area contributed by atoms with Crippen LogP contribution in [0, 0.1) is 17.6 Å². The predicted molar refractivity (Wildman–Crippen MR) is 77.8 cm³/mol. The number of rotatable bonds is 7. The SMILES string of the molecule is CC(CN)CNC(=O)CCCc1ccc(F)c(F)c1.Cl. The Balaban J connectivity index is 0.00000361. The van der Waals surface area contributed by atoms with E-state index in [-0.39, 0.29) is 24.2 Å². The van der Waals surface area contributed by atoms with Crippen molar-refractivity contribution in [2.45, 2.75) is 26.2 Å². The van der Waals surface area contributed by atoms with Crippen molar-refractivity contribution < 1.29 is 13.6 Å². The van der Waals surface area contributed by atoms with Crippen LogP contribution in [0.3, 0.4) is 0 Å². The van der Waals surface area contributed by atoms with E-state index < -0.39 is 11.6 Å². The quantitative estimate of drug-likeness (QED) is 0.813. The number of hydrogen-bond donors (Lipinski definition) is 2. The molecule has 0 aliphatic carbocycles. The highest BCUT2D eigenvalue weighted by Gasteiger charge is 2.06. The number of halogens is 3. The summed E-state index contributed by atoms with van der Waals surface area (Å²) in [5, 5.41) is 2.79. The summed E-state index contributed by atoms with van der Waals surface area (Å²) in [6.45, 7) is 3.07. The van der Waals surface area contributed by atoms with Crippen LogP contribution in [0.15, 0.2) is 18.2 Å². The molecule has 0 saturated heterocycles. The van der Waals surface area contributed by atoms with Crippen molar-refractivity contribution in [3.8, 4) is 0 Å². The van der Waals surface area contributed by atoms with E-state index in [1.165, 1.54) is 12.1 Å². The fraction of sp³-hybridized carbons (Fsp3) is 0.500. The van der Waals surface area contributed by atoms with Gasteiger partial charge in [0.15, 0.2) is 11.6 Å². The molecule has 0 aromatic heterocycles. The van der Waals surface area contributed by atoms with E-state index in [9.17, 15) is 13.6 Å². The summed E-state index contributed by atoms with van der Waals surface area (Å²) in [6, 6.07) is 3.81. The summed E-state index contributed by atoms with van der Waals surface area (Å²) in [5.74, 6) is -1.48. The molecule has 1 unspecified atom stereocenters. The molecule has 0 fully saturated rings. The number of aryl methyl sites for hydroxylation is 1. The lowest BCUT2D eigenvalue weighted by molar-refractivity contribution is -0.121. The number of carbonyl (C=O) groups is 1. The predicted octanol–water partition coefficient (Wildman–Crippen LogP) is 2.42. The first kappa shape index (κ1) is 18.8. The van der Waals surface area contributed by atoms with Crippen molar-refractivity contribution in [1.29, 1.82) is 0 Å². The Morgan fingerprint density at radius 2 is 2.05 bits per heavy atom. The Labute approximate surface area is 124 Å². The molecule has 0 aliphatic heterocycles. The van der Waals surface area contributed by atoms with Crippen LogP contribution in [0.2, 0.25) is 0 Å². The van der Waals surface area contributed by atoms with Crippen molar-refractivity contribution in [2.24, 2.45) is 11.7 Å². The van der Waals surface area contributed by atoms with E-state index in [2.05, 4.69) is 5.32 Å². The third-order valence-electron chi connectivity index (χ3n) is 2.90. The molecule has 1 aromatic rings. The monoisotopic (exact) mass is 306 g/mol. The lowest BCUT2D eigenvalue weighted by Crippen LogP contribution is -2.31. The van der Waals surface area contributed by atoms with Gasteiger partial charge in [0.25, 0.3) is 0 Å². The molecule has 20 heavy (non-hydrogen) atoms. The summed E-state index contributed by atoms with van der Waals surface area (Å²) in [6.07, 6.45) is 1.53. The van der Waals surface area contributed by atoms with E-state index in [1.54, 1.807) is 0 Å². The normalized spacial score (nSPS) is 11.6. The second-order valence-electron chi connectivity index (χ2n) is 4.75. The van der Waals surface area contributed by atoms with E-state index in [0.29, 0.717) is 37.9 Å². The van der Waals surface area contributed by atoms with Gasteiger partial charge in [0.2, 0.25) is 5.91 Å². The number of nitrogens with one attached hydrogen (secondary N) is 1. The number of carbonyl (C=O) groups excluding carboxylic acids is 1. The van der Waals surface area contributed by atoms with Gasteiger partial charge >= 0.3 is 0 Å². The molecular weight excluding hydrogens is 286 g/mol. The molecule has 114 valence electrons. The molecule has 0 heterocycles. The highest BCUT2D eigenvalue weighted by Crippen LogP contribution is 2.11. The average molecular weight is 307 g/mol. The third kappa shape index (κ3) is 6.82. The van der Waals surface area contributed by atoms with Gasteiger partial charge in [-0.1, -0.05) is 13.0 Å². The van der Waals surface area contributed by atoms with Crippen LogP contribution < -0.4 is 11.1 Å². The van der Waals surface area contributed by atoms with Gasteiger partial charge < -0.3 is 11.1 Å². The molecule has 0 aliphatic rings. The Bertz CT molecular complexity index is 430. The van der Waals surface area contributed by atoms with Crippen LogP contribution >= 0.6 is 12.4 Å². The molecule has 0 spiro atoms. The van der Waals surface area contributed by atoms with Crippen molar-refractivity contribution in [3.63, 3.8) is 0 Å². The first-order valence-corrected chi connectivity index (χ1v) is 6.43. The van der Waals surface area contributed by atoms with Crippen molar-refractivity contribution >= 4 is 18.3 Å². The molecule has 1 amide bonds. The Hall–Kier alpha value is -1.20. The van der Waals surface area contributed by atoms with Crippen LogP contribution in [0.4, 0.5) is 8.78 Å². The second-order valence-corrected chi connectivity index (χ2v) is 4.75. The van der Waals surface area contributed by atoms with Gasteiger partial charge in [0, 0.05) is 13.0 Å². The maximum Gasteiger partial charge on any atom is 0.220 e. The van der Waals surface area contributed by atoms with Gasteiger partial charge in [0.05, 0.1) is 0 Å². The van der Waals surface area contributed by atoms with Crippen molar-refractivity contribution in [3.05, 3.63) is 35.4 Å². The summed E-state index contributed by atoms with van der Waals surface area (Å²) in [7, 11) is 0. The van der Waals surface area contributed by atoms with Gasteiger partial charge in [-0.2, -0.15) is 0 Å². The molecule has 1 aromatic carbocycles. The lowest BCUT2D eigenvalue weighted by atomic mass is 10.1. The van der Waals surface area contributed by atoms with Crippen LogP contribution in [-0.4, -0.2) is 19.0 Å². The number of amides is 1. The van der Waals surface area contributed by atoms with Crippen LogP contribution in [-0.2, 0) is 11.2 Å². The zero-order chi connectivity index (χ0) is 14.3. The van der Waals surface area contributed by atoms with Crippen molar-refractivity contribution in [1.82, 2.24) is 5.32 Å². The minimum absolute atomic E-state index is 0. The maximum atomic E-state index is 12.9. The Kier molecular flexibility index (Phi) is 9.08. The summed E-state index contributed by atoms with van der Waals surface area (Å²) >= 11 is 0. The standard InChI is InChI=1S/C14H20F2N2O.ClH/c1-10(8-17)9-18-14(19)4-2-3-11-5-6-12(15)13(16)7-11;/h5-7,10H,2-4,8-9,17H2,1H3,(H,18,19);1H. The number of nitrogens with two attached hydrogens (primary N) is 1. The zero-order valence-electron chi connectivity index (χ0n) is 11.5. The summed E-state index contributed by atoms with van der Waals surface area (Å²) in [4.78, 5) is 11.5. The second kappa shape index (κ2) is 9.66. The lowest BCUT2D eigenvalue weighted by Gasteiger charge is -2.10. The molecule has 1 atom stereocenters. The minimum Gasteiger partial charge on any atom is -0.356 e. The molecule has 6 heteroatoms. The van der Waals surface area contributed by atoms with E-state index in [4.69, 9.17) is 5.73 Å². The first-order chi connectivity index (χ1) is 9.02. The summed E-state index contributed by atoms with van der Waals surface area (Å²) < 4.78 is 25.7. The van der Waals surface area contributed by atoms with E-state index >= 15 is 0 Å². The Morgan fingerprint density at radius 3 is 2.65 bits per heavy atom. The fourth-order valence-electron chi connectivity index (χ4n) is 1.61. The number of hydrogen-bond acceptors (Lipinski definition) is 2.